The second kappa shape index (κ2) is 22.0. The Balaban J connectivity index is 1.25. The van der Waals surface area contributed by atoms with Gasteiger partial charge in [0.2, 0.25) is 0 Å². The Kier molecular flexibility index (Phi) is 17.1. The monoisotopic (exact) mass is 827 g/mol. The highest BCUT2D eigenvalue weighted by Gasteiger charge is 2.49. The molecular weight excluding hydrogens is 759 g/mol. The summed E-state index contributed by atoms with van der Waals surface area (Å²) in [5.74, 6) is 2.74. The van der Waals surface area contributed by atoms with Crippen molar-refractivity contribution in [1.82, 2.24) is 5.48 Å². The number of fused-ring (bicyclic) bond motifs is 2. The first kappa shape index (κ1) is 46.0. The maximum Gasteiger partial charge on any atom is 0.344 e. The van der Waals surface area contributed by atoms with Crippen LogP contribution >= 0.6 is 0 Å². The minimum Gasteiger partial charge on any atom is -0.482 e. The summed E-state index contributed by atoms with van der Waals surface area (Å²) in [6.45, 7) is 22.1. The number of esters is 1. The van der Waals surface area contributed by atoms with Crippen LogP contribution in [0.5, 0.6) is 5.75 Å². The zero-order valence-electron chi connectivity index (χ0n) is 36.8. The van der Waals surface area contributed by atoms with E-state index < -0.39 is 8.32 Å². The fourth-order valence-corrected chi connectivity index (χ4v) is 9.38. The zero-order valence-corrected chi connectivity index (χ0v) is 37.8. The molecule has 0 saturated heterocycles. The number of carbonyl (C=O) groups is 1. The van der Waals surface area contributed by atoms with Gasteiger partial charge in [-0.25, -0.2) is 10.3 Å². The van der Waals surface area contributed by atoms with Crippen molar-refractivity contribution in [1.29, 1.82) is 0 Å². The predicted octanol–water partition coefficient (Wildman–Crippen LogP) is 11.8. The number of allylic oxidation sites excluding steroid dienone is 1. The third kappa shape index (κ3) is 13.5. The van der Waals surface area contributed by atoms with Crippen LogP contribution in [0, 0.1) is 23.7 Å². The molecule has 0 unspecified atom stereocenters. The van der Waals surface area contributed by atoms with Crippen LogP contribution < -0.4 is 10.2 Å². The quantitative estimate of drug-likeness (QED) is 0.0250. The molecule has 0 bridgehead atoms. The van der Waals surface area contributed by atoms with Crippen LogP contribution in [-0.2, 0) is 53.1 Å². The van der Waals surface area contributed by atoms with Gasteiger partial charge in [0.1, 0.15) is 18.5 Å². The molecule has 3 aromatic carbocycles. The first-order valence-corrected chi connectivity index (χ1v) is 24.6. The number of hydrogen-bond acceptors (Lipinski definition) is 9. The van der Waals surface area contributed by atoms with Crippen molar-refractivity contribution in [3.63, 3.8) is 0 Å². The molecular formula is C49H69NO8Si. The van der Waals surface area contributed by atoms with Crippen LogP contribution in [0.4, 0.5) is 0 Å². The Morgan fingerprint density at radius 3 is 2.36 bits per heavy atom. The van der Waals surface area contributed by atoms with E-state index in [4.69, 9.17) is 33.6 Å². The first-order valence-electron chi connectivity index (χ1n) is 21.7. The Morgan fingerprint density at radius 1 is 0.932 bits per heavy atom. The van der Waals surface area contributed by atoms with Crippen LogP contribution in [-0.4, -0.2) is 33.1 Å². The Labute approximate surface area is 354 Å². The molecule has 0 heterocycles. The number of rotatable bonds is 23. The van der Waals surface area contributed by atoms with Gasteiger partial charge in [-0.3, -0.25) is 0 Å². The molecule has 0 radical (unpaired) electrons. The van der Waals surface area contributed by atoms with Crippen molar-refractivity contribution < 1.29 is 38.3 Å². The third-order valence-corrected chi connectivity index (χ3v) is 17.0. The number of carbonyl (C=O) groups excluding carboxylic acids is 1. The third-order valence-electron chi connectivity index (χ3n) is 12.4. The largest absolute Gasteiger partial charge is 0.482 e. The normalized spacial score (nSPS) is 19.7. The molecule has 0 spiro atoms. The maximum atomic E-state index is 12.7. The summed E-state index contributed by atoms with van der Waals surface area (Å²) >= 11 is 0. The van der Waals surface area contributed by atoms with E-state index in [1.165, 1.54) is 11.1 Å². The fraction of sp³-hybridized carbons (Fsp3) is 0.531. The van der Waals surface area contributed by atoms with Gasteiger partial charge in [-0.1, -0.05) is 145 Å². The lowest BCUT2D eigenvalue weighted by Crippen LogP contribution is -2.45. The minimum absolute atomic E-state index is 0.0359. The zero-order chi connectivity index (χ0) is 42.4. The van der Waals surface area contributed by atoms with Gasteiger partial charge in [-0.05, 0) is 97.2 Å². The van der Waals surface area contributed by atoms with Crippen LogP contribution in [0.25, 0.3) is 5.76 Å². The van der Waals surface area contributed by atoms with Gasteiger partial charge >= 0.3 is 5.97 Å². The molecule has 0 aliphatic heterocycles. The van der Waals surface area contributed by atoms with Crippen molar-refractivity contribution in [2.75, 3.05) is 6.61 Å². The van der Waals surface area contributed by atoms with Gasteiger partial charge in [-0.15, -0.1) is 0 Å². The standard InChI is InChI=1S/C49H69NO8Si/c1-10-11-14-25-41(55-56-47(35(2)3)32-50-58-54-36(4)38-22-17-13-18-23-38)27-28-42-43-29-39-24-19-26-45(52-34-48(51)53-33-37-20-15-12-16-21-37)44(39)30-40(43)31-46(42)57-59(8,9)49(5,6)7/h12-13,15-24,26,32,35,40-43,46,50H,4,10-11,14,25,27-31,33-34H2,1-3,5-9H3/b47-32-/t40-,41-,42+,43-,46+/m0/s1. The van der Waals surface area contributed by atoms with Crippen molar-refractivity contribution in [2.45, 2.75) is 136 Å². The van der Waals surface area contributed by atoms with E-state index in [9.17, 15) is 4.79 Å². The summed E-state index contributed by atoms with van der Waals surface area (Å²) in [5, 5.41) is 0.0984. The van der Waals surface area contributed by atoms with Gasteiger partial charge in [0.25, 0.3) is 0 Å². The average molecular weight is 828 g/mol. The van der Waals surface area contributed by atoms with Gasteiger partial charge in [0.15, 0.2) is 26.4 Å². The predicted molar refractivity (Wildman–Crippen MR) is 236 cm³/mol. The van der Waals surface area contributed by atoms with Gasteiger partial charge in [0, 0.05) is 17.6 Å². The lowest BCUT2D eigenvalue weighted by molar-refractivity contribution is -0.306. The summed E-state index contributed by atoms with van der Waals surface area (Å²) in [7, 11) is -2.07. The fourth-order valence-electron chi connectivity index (χ4n) is 8.00. The molecule has 1 saturated carbocycles. The SMILES string of the molecule is C=C(OON/C=C(\OO[C@@H](CCCCC)CC[C@@H]1[C@H]2Cc3cccc(OCC(=O)OCc4ccccc4)c3C[C@H]2C[C@H]1O[Si](C)(C)C(C)(C)C)C(C)C)c1ccccc1. The maximum absolute atomic E-state index is 12.7. The molecule has 5 rings (SSSR count). The molecule has 10 heteroatoms. The van der Waals surface area contributed by atoms with Gasteiger partial charge in [0.05, 0.1) is 6.20 Å². The number of hydrogen-bond donors (Lipinski definition) is 1. The topological polar surface area (TPSA) is 93.7 Å². The molecule has 1 N–H and O–H groups in total. The van der Waals surface area contributed by atoms with Crippen LogP contribution in [0.2, 0.25) is 18.1 Å². The molecule has 2 aliphatic rings. The summed E-state index contributed by atoms with van der Waals surface area (Å²) in [4.78, 5) is 35.6. The van der Waals surface area contributed by atoms with E-state index in [0.717, 1.165) is 74.7 Å². The number of nitrogens with one attached hydrogen (secondary N) is 1. The molecule has 0 amide bonds. The highest BCUT2D eigenvalue weighted by molar-refractivity contribution is 6.74. The number of unbranched alkanes of at least 4 members (excludes halogenated alkanes) is 2. The Morgan fingerprint density at radius 2 is 1.66 bits per heavy atom. The van der Waals surface area contributed by atoms with Crippen molar-refractivity contribution in [3.8, 4) is 5.75 Å². The van der Waals surface area contributed by atoms with Crippen LogP contribution in [0.3, 0.4) is 0 Å². The first-order chi connectivity index (χ1) is 28.3. The molecule has 5 atom stereocenters. The number of ether oxygens (including phenoxy) is 2. The van der Waals surface area contributed by atoms with E-state index in [-0.39, 0.29) is 42.3 Å². The van der Waals surface area contributed by atoms with E-state index in [2.05, 4.69) is 65.0 Å². The van der Waals surface area contributed by atoms with Crippen molar-refractivity contribution in [2.24, 2.45) is 23.7 Å². The molecule has 3 aromatic rings. The van der Waals surface area contributed by atoms with Crippen LogP contribution in [0.1, 0.15) is 109 Å². The number of hydroxylamine groups is 1. The van der Waals surface area contributed by atoms with Gasteiger partial charge in [-0.2, -0.15) is 4.89 Å². The molecule has 9 nitrogen and oxygen atoms in total. The summed E-state index contributed by atoms with van der Waals surface area (Å²) in [5.41, 5.74) is 7.03. The van der Waals surface area contributed by atoms with Crippen molar-refractivity contribution in [3.05, 3.63) is 120 Å². The average Bonchev–Trinajstić information content (AvgIpc) is 3.54. The van der Waals surface area contributed by atoms with Crippen molar-refractivity contribution >= 4 is 20.0 Å². The van der Waals surface area contributed by atoms with E-state index in [1.807, 2.05) is 80.6 Å². The van der Waals surface area contributed by atoms with E-state index in [0.29, 0.717) is 29.3 Å². The lowest BCUT2D eigenvalue weighted by Gasteiger charge is -2.40. The van der Waals surface area contributed by atoms with E-state index in [1.54, 1.807) is 6.20 Å². The molecule has 0 aromatic heterocycles. The molecule has 322 valence electrons. The second-order valence-corrected chi connectivity index (χ2v) is 22.9. The summed E-state index contributed by atoms with van der Waals surface area (Å²) in [6.07, 6.45) is 10.7. The summed E-state index contributed by atoms with van der Waals surface area (Å²) in [6, 6.07) is 25.6. The molecule has 59 heavy (non-hydrogen) atoms. The number of benzene rings is 3. The Hall–Kier alpha value is -4.09. The molecule has 1 fully saturated rings. The van der Waals surface area contributed by atoms with E-state index >= 15 is 0 Å². The molecule has 2 aliphatic carbocycles. The summed E-state index contributed by atoms with van der Waals surface area (Å²) < 4.78 is 19.0. The van der Waals surface area contributed by atoms with Crippen LogP contribution in [0.15, 0.2) is 97.4 Å². The van der Waals surface area contributed by atoms with Gasteiger partial charge < -0.3 is 23.7 Å². The lowest BCUT2D eigenvalue weighted by atomic mass is 9.73. The highest BCUT2D eigenvalue weighted by Crippen LogP contribution is 2.51. The highest BCUT2D eigenvalue weighted by atomic mass is 28.4. The smallest absolute Gasteiger partial charge is 0.344 e. The Bertz CT molecular complexity index is 1790. The second-order valence-electron chi connectivity index (χ2n) is 18.1. The minimum atomic E-state index is -2.07.